The molecule has 1 saturated heterocycles. The van der Waals surface area contributed by atoms with Crippen molar-refractivity contribution in [1.29, 1.82) is 0 Å². The van der Waals surface area contributed by atoms with Gasteiger partial charge in [0.25, 0.3) is 0 Å². The first-order valence-corrected chi connectivity index (χ1v) is 7.73. The first-order chi connectivity index (χ1) is 11.1. The van der Waals surface area contributed by atoms with E-state index in [1.807, 2.05) is 32.2 Å². The summed E-state index contributed by atoms with van der Waals surface area (Å²) in [7, 11) is 1.84. The van der Waals surface area contributed by atoms with Crippen molar-refractivity contribution < 1.29 is 9.53 Å². The lowest BCUT2D eigenvalue weighted by atomic mass is 9.97. The highest BCUT2D eigenvalue weighted by atomic mass is 16.5. The Bertz CT molecular complexity index is 651. The van der Waals surface area contributed by atoms with Crippen molar-refractivity contribution in [3.05, 3.63) is 41.9 Å². The van der Waals surface area contributed by atoms with Crippen LogP contribution in [0.4, 0.5) is 10.6 Å². The van der Waals surface area contributed by atoms with Crippen LogP contribution < -0.4 is 10.6 Å². The first-order valence-electron chi connectivity index (χ1n) is 7.73. The summed E-state index contributed by atoms with van der Waals surface area (Å²) in [5.74, 6) is 0.541. The zero-order chi connectivity index (χ0) is 16.2. The van der Waals surface area contributed by atoms with E-state index >= 15 is 0 Å². The van der Waals surface area contributed by atoms with Crippen LogP contribution in [0.1, 0.15) is 30.2 Å². The van der Waals surface area contributed by atoms with Gasteiger partial charge in [0.2, 0.25) is 0 Å². The Morgan fingerprint density at radius 2 is 2.17 bits per heavy atom. The fourth-order valence-corrected chi connectivity index (χ4v) is 2.75. The Morgan fingerprint density at radius 3 is 2.87 bits per heavy atom. The molecule has 1 aliphatic heterocycles. The molecular weight excluding hydrogens is 294 g/mol. The molecule has 0 saturated carbocycles. The van der Waals surface area contributed by atoms with Gasteiger partial charge >= 0.3 is 6.03 Å². The highest BCUT2D eigenvalue weighted by Gasteiger charge is 2.28. The number of pyridine rings is 1. The van der Waals surface area contributed by atoms with Crippen LogP contribution in [0.2, 0.25) is 0 Å². The number of ether oxygens (including phenoxy) is 1. The number of aryl methyl sites for hydroxylation is 2. The minimum absolute atomic E-state index is 0.0732. The molecule has 1 fully saturated rings. The second kappa shape index (κ2) is 6.78. The van der Waals surface area contributed by atoms with Crippen molar-refractivity contribution in [2.24, 2.45) is 7.05 Å². The zero-order valence-electron chi connectivity index (χ0n) is 13.3. The molecule has 7 nitrogen and oxygen atoms in total. The van der Waals surface area contributed by atoms with Crippen molar-refractivity contribution in [3.63, 3.8) is 0 Å². The summed E-state index contributed by atoms with van der Waals surface area (Å²) in [4.78, 5) is 16.3. The lowest BCUT2D eigenvalue weighted by Gasteiger charge is -2.32. The second-order valence-electron chi connectivity index (χ2n) is 5.71. The number of hydrogen-bond acceptors (Lipinski definition) is 4. The molecule has 2 aromatic heterocycles. The van der Waals surface area contributed by atoms with Gasteiger partial charge in [-0.1, -0.05) is 0 Å². The van der Waals surface area contributed by atoms with Gasteiger partial charge in [0.05, 0.1) is 6.04 Å². The fourth-order valence-electron chi connectivity index (χ4n) is 2.75. The number of amides is 2. The third-order valence-electron chi connectivity index (χ3n) is 4.03. The number of hydrogen-bond donors (Lipinski definition) is 2. The topological polar surface area (TPSA) is 81.1 Å². The van der Waals surface area contributed by atoms with Crippen molar-refractivity contribution in [2.45, 2.75) is 31.9 Å². The number of rotatable bonds is 3. The first kappa shape index (κ1) is 15.5. The minimum atomic E-state index is -0.266. The second-order valence-corrected chi connectivity index (χ2v) is 5.71. The largest absolute Gasteiger partial charge is 0.371 e. The van der Waals surface area contributed by atoms with Crippen molar-refractivity contribution in [1.82, 2.24) is 20.1 Å². The molecule has 122 valence electrons. The van der Waals surface area contributed by atoms with Crippen LogP contribution in [0.25, 0.3) is 0 Å². The van der Waals surface area contributed by atoms with E-state index in [9.17, 15) is 4.79 Å². The van der Waals surface area contributed by atoms with Crippen LogP contribution >= 0.6 is 0 Å². The van der Waals surface area contributed by atoms with E-state index in [1.165, 1.54) is 0 Å². The van der Waals surface area contributed by atoms with Crippen LogP contribution in [0.5, 0.6) is 0 Å². The van der Waals surface area contributed by atoms with Gasteiger partial charge in [0.1, 0.15) is 6.10 Å². The zero-order valence-corrected chi connectivity index (χ0v) is 13.3. The third kappa shape index (κ3) is 3.68. The standard InChI is InChI=1S/C16H21N5O2/c1-11-10-14(20-21(11)2)19-16(22)18-13-4-3-9-23-15(13)12-5-7-17-8-6-12/h5-8,10,13,15H,3-4,9H2,1-2H3,(H2,18,19,20,22)/t13-,15+/m0/s1. The molecule has 0 aliphatic carbocycles. The molecule has 3 rings (SSSR count). The highest BCUT2D eigenvalue weighted by molar-refractivity contribution is 5.88. The lowest BCUT2D eigenvalue weighted by Crippen LogP contribution is -2.44. The maximum Gasteiger partial charge on any atom is 0.320 e. The fraction of sp³-hybridized carbons (Fsp3) is 0.438. The van der Waals surface area contributed by atoms with E-state index < -0.39 is 0 Å². The van der Waals surface area contributed by atoms with Gasteiger partial charge in [-0.3, -0.25) is 15.0 Å². The van der Waals surface area contributed by atoms with Crippen LogP contribution in [-0.4, -0.2) is 33.4 Å². The Morgan fingerprint density at radius 1 is 1.39 bits per heavy atom. The molecule has 2 amide bonds. The Labute approximate surface area is 135 Å². The van der Waals surface area contributed by atoms with E-state index in [2.05, 4.69) is 20.7 Å². The normalized spacial score (nSPS) is 21.0. The Kier molecular flexibility index (Phi) is 4.57. The molecule has 23 heavy (non-hydrogen) atoms. The molecule has 0 aromatic carbocycles. The molecule has 0 bridgehead atoms. The van der Waals surface area contributed by atoms with E-state index in [0.29, 0.717) is 12.4 Å². The number of urea groups is 1. The minimum Gasteiger partial charge on any atom is -0.371 e. The monoisotopic (exact) mass is 315 g/mol. The molecule has 1 aliphatic rings. The van der Waals surface area contributed by atoms with Crippen molar-refractivity contribution in [3.8, 4) is 0 Å². The number of aromatic nitrogens is 3. The van der Waals surface area contributed by atoms with Crippen molar-refractivity contribution >= 4 is 11.8 Å². The molecular formula is C16H21N5O2. The van der Waals surface area contributed by atoms with Crippen molar-refractivity contribution in [2.75, 3.05) is 11.9 Å². The average Bonchev–Trinajstić information content (AvgIpc) is 2.86. The van der Waals surface area contributed by atoms with Gasteiger partial charge in [-0.25, -0.2) is 4.79 Å². The summed E-state index contributed by atoms with van der Waals surface area (Å²) in [5, 5.41) is 10.00. The van der Waals surface area contributed by atoms with Crippen LogP contribution in [0, 0.1) is 6.92 Å². The van der Waals surface area contributed by atoms with E-state index in [4.69, 9.17) is 4.74 Å². The summed E-state index contributed by atoms with van der Waals surface area (Å²) >= 11 is 0. The summed E-state index contributed by atoms with van der Waals surface area (Å²) < 4.78 is 7.58. The summed E-state index contributed by atoms with van der Waals surface area (Å²) in [6.07, 6.45) is 5.13. The van der Waals surface area contributed by atoms with Gasteiger partial charge in [0.15, 0.2) is 5.82 Å². The van der Waals surface area contributed by atoms with E-state index in [0.717, 1.165) is 24.1 Å². The van der Waals surface area contributed by atoms with Crippen LogP contribution in [0.3, 0.4) is 0 Å². The van der Waals surface area contributed by atoms with Crippen LogP contribution in [0.15, 0.2) is 30.6 Å². The Balaban J connectivity index is 1.65. The number of carbonyl (C=O) groups excluding carboxylic acids is 1. The molecule has 0 spiro atoms. The molecule has 7 heteroatoms. The maximum atomic E-state index is 12.2. The predicted molar refractivity (Wildman–Crippen MR) is 86.1 cm³/mol. The molecule has 2 N–H and O–H groups in total. The molecule has 2 aromatic rings. The lowest BCUT2D eigenvalue weighted by molar-refractivity contribution is -0.00701. The van der Waals surface area contributed by atoms with Gasteiger partial charge < -0.3 is 10.1 Å². The highest BCUT2D eigenvalue weighted by Crippen LogP contribution is 2.28. The SMILES string of the molecule is Cc1cc(NC(=O)N[C@H]2CCCO[C@@H]2c2ccncc2)nn1C. The predicted octanol–water partition coefficient (Wildman–Crippen LogP) is 2.17. The third-order valence-corrected chi connectivity index (χ3v) is 4.03. The Hall–Kier alpha value is -2.41. The molecule has 2 atom stereocenters. The number of nitrogens with one attached hydrogen (secondary N) is 2. The quantitative estimate of drug-likeness (QED) is 0.909. The average molecular weight is 315 g/mol. The number of anilines is 1. The smallest absolute Gasteiger partial charge is 0.320 e. The van der Waals surface area contributed by atoms with Gasteiger partial charge in [-0.05, 0) is 37.5 Å². The number of carbonyl (C=O) groups is 1. The van der Waals surface area contributed by atoms with E-state index in [1.54, 1.807) is 17.1 Å². The van der Waals surface area contributed by atoms with E-state index in [-0.39, 0.29) is 18.2 Å². The van der Waals surface area contributed by atoms with Crippen LogP contribution in [-0.2, 0) is 11.8 Å². The molecule has 0 radical (unpaired) electrons. The molecule has 0 unspecified atom stereocenters. The van der Waals surface area contributed by atoms with Gasteiger partial charge in [-0.15, -0.1) is 0 Å². The van der Waals surface area contributed by atoms with Gasteiger partial charge in [0, 0.05) is 37.8 Å². The summed E-state index contributed by atoms with van der Waals surface area (Å²) in [6, 6.07) is 5.33. The maximum absolute atomic E-state index is 12.2. The summed E-state index contributed by atoms with van der Waals surface area (Å²) in [6.45, 7) is 2.64. The molecule has 3 heterocycles. The number of nitrogens with zero attached hydrogens (tertiary/aromatic N) is 3. The van der Waals surface area contributed by atoms with Gasteiger partial charge in [-0.2, -0.15) is 5.10 Å². The summed E-state index contributed by atoms with van der Waals surface area (Å²) in [5.41, 5.74) is 2.01.